The summed E-state index contributed by atoms with van der Waals surface area (Å²) < 4.78 is 15.3. The number of piperidine rings is 1. The number of nitriles is 1. The minimum absolute atomic E-state index is 0.145. The summed E-state index contributed by atoms with van der Waals surface area (Å²) in [6.07, 6.45) is 3.37. The van der Waals surface area contributed by atoms with E-state index in [9.17, 15) is 14.4 Å². The monoisotopic (exact) mass is 513 g/mol. The Morgan fingerprint density at radius 3 is 2.64 bits per heavy atom. The lowest BCUT2D eigenvalue weighted by Gasteiger charge is -2.25. The van der Waals surface area contributed by atoms with Crippen molar-refractivity contribution in [1.82, 2.24) is 19.7 Å². The molecule has 2 aromatic heterocycles. The van der Waals surface area contributed by atoms with Gasteiger partial charge in [-0.15, -0.1) is 0 Å². The van der Waals surface area contributed by atoms with Crippen LogP contribution in [0.3, 0.4) is 0 Å². The van der Waals surface area contributed by atoms with Crippen LogP contribution >= 0.6 is 0 Å². The molecule has 0 radical (unpaired) electrons. The zero-order valence-corrected chi connectivity index (χ0v) is 21.3. The number of carbonyl (C=O) groups excluding carboxylic acids is 1. The van der Waals surface area contributed by atoms with Crippen LogP contribution in [0.1, 0.15) is 38.7 Å². The van der Waals surface area contributed by atoms with Crippen LogP contribution in [0.2, 0.25) is 0 Å². The van der Waals surface area contributed by atoms with Crippen LogP contribution in [0.15, 0.2) is 91.3 Å². The van der Waals surface area contributed by atoms with Crippen molar-refractivity contribution in [3.63, 3.8) is 0 Å². The number of benzene rings is 3. The van der Waals surface area contributed by atoms with Gasteiger partial charge in [-0.3, -0.25) is 9.78 Å². The number of likely N-dealkylation sites (tertiary alicyclic amines) is 1. The van der Waals surface area contributed by atoms with Crippen LogP contribution in [0, 0.1) is 30.0 Å². The summed E-state index contributed by atoms with van der Waals surface area (Å²) in [5, 5.41) is 14.9. The molecule has 1 aliphatic heterocycles. The van der Waals surface area contributed by atoms with Gasteiger partial charge in [-0.25, -0.2) is 9.07 Å². The first-order valence-corrected chi connectivity index (χ1v) is 12.9. The van der Waals surface area contributed by atoms with Crippen LogP contribution in [0.25, 0.3) is 16.6 Å². The molecule has 1 saturated heterocycles. The number of aromatic nitrogens is 3. The molecule has 3 heterocycles. The van der Waals surface area contributed by atoms with Crippen LogP contribution in [-0.2, 0) is 5.41 Å². The fourth-order valence-electron chi connectivity index (χ4n) is 6.66. The van der Waals surface area contributed by atoms with Crippen molar-refractivity contribution in [3.05, 3.63) is 125 Å². The summed E-state index contributed by atoms with van der Waals surface area (Å²) in [6.45, 7) is 3.32. The molecule has 2 fully saturated rings. The van der Waals surface area contributed by atoms with E-state index in [1.54, 1.807) is 24.3 Å². The standard InChI is InChI=1S/C32H24FN5O/c1-20-13-29-23(17-36-38(29)25-9-7-24(33)8-10-25)15-26(20)32-19-37(31(39)28-14-21(16-34)11-12-35-28)18-27(32)30(32)22-5-3-2-4-6-22/h2-15,17,27,30H,18-19H2,1H3/t27-,30-,32+/m1/s1. The van der Waals surface area contributed by atoms with E-state index >= 15 is 0 Å². The predicted molar refractivity (Wildman–Crippen MR) is 145 cm³/mol. The fraction of sp³-hybridized carbons (Fsp3) is 0.188. The highest BCUT2D eigenvalue weighted by atomic mass is 19.1. The van der Waals surface area contributed by atoms with E-state index < -0.39 is 0 Å². The Bertz CT molecular complexity index is 1790. The maximum absolute atomic E-state index is 13.5. The van der Waals surface area contributed by atoms with Crippen LogP contribution in [0.4, 0.5) is 4.39 Å². The Morgan fingerprint density at radius 1 is 1.08 bits per heavy atom. The van der Waals surface area contributed by atoms with Crippen molar-refractivity contribution in [3.8, 4) is 11.8 Å². The van der Waals surface area contributed by atoms with Gasteiger partial charge in [-0.2, -0.15) is 10.4 Å². The maximum atomic E-state index is 13.5. The molecule has 190 valence electrons. The number of aryl methyl sites for hydroxylation is 1. The third kappa shape index (κ3) is 3.56. The molecule has 3 aromatic carbocycles. The molecule has 3 atom stereocenters. The molecule has 6 nitrogen and oxygen atoms in total. The van der Waals surface area contributed by atoms with E-state index in [1.807, 2.05) is 21.8 Å². The molecular weight excluding hydrogens is 489 g/mol. The van der Waals surface area contributed by atoms with E-state index in [2.05, 4.69) is 59.5 Å². The summed E-state index contributed by atoms with van der Waals surface area (Å²) >= 11 is 0. The van der Waals surface area contributed by atoms with E-state index in [1.165, 1.54) is 29.5 Å². The number of halogens is 1. The molecule has 1 amide bonds. The number of fused-ring (bicyclic) bond motifs is 2. The first-order valence-electron chi connectivity index (χ1n) is 12.9. The van der Waals surface area contributed by atoms with Gasteiger partial charge in [0.05, 0.1) is 29.0 Å². The highest BCUT2D eigenvalue weighted by molar-refractivity contribution is 5.93. The molecule has 0 unspecified atom stereocenters. The van der Waals surface area contributed by atoms with Gasteiger partial charge in [-0.05, 0) is 78.1 Å². The Hall–Kier alpha value is -4.83. The van der Waals surface area contributed by atoms with Crippen molar-refractivity contribution in [2.24, 2.45) is 5.92 Å². The second-order valence-corrected chi connectivity index (χ2v) is 10.5. The third-order valence-corrected chi connectivity index (χ3v) is 8.42. The van der Waals surface area contributed by atoms with Crippen molar-refractivity contribution < 1.29 is 9.18 Å². The van der Waals surface area contributed by atoms with Gasteiger partial charge in [0, 0.05) is 36.0 Å². The molecule has 7 heteroatoms. The second kappa shape index (κ2) is 8.60. The molecule has 1 aliphatic carbocycles. The zero-order valence-electron chi connectivity index (χ0n) is 21.3. The van der Waals surface area contributed by atoms with Gasteiger partial charge in [0.15, 0.2) is 0 Å². The number of hydrogen-bond donors (Lipinski definition) is 0. The zero-order chi connectivity index (χ0) is 26.7. The van der Waals surface area contributed by atoms with Crippen LogP contribution in [0.5, 0.6) is 0 Å². The summed E-state index contributed by atoms with van der Waals surface area (Å²) in [7, 11) is 0. The summed E-state index contributed by atoms with van der Waals surface area (Å²) in [5.74, 6) is 0.137. The average Bonchev–Trinajstić information content (AvgIpc) is 3.23. The van der Waals surface area contributed by atoms with Gasteiger partial charge in [0.25, 0.3) is 5.91 Å². The number of pyridine rings is 1. The quantitative estimate of drug-likeness (QED) is 0.316. The van der Waals surface area contributed by atoms with E-state index in [-0.39, 0.29) is 23.1 Å². The Kier molecular flexibility index (Phi) is 5.14. The fourth-order valence-corrected chi connectivity index (χ4v) is 6.66. The van der Waals surface area contributed by atoms with Gasteiger partial charge in [0.1, 0.15) is 11.5 Å². The van der Waals surface area contributed by atoms with E-state index in [0.717, 1.165) is 22.2 Å². The summed E-state index contributed by atoms with van der Waals surface area (Å²) in [5.41, 5.74) is 5.89. The molecule has 0 spiro atoms. The highest BCUT2D eigenvalue weighted by Crippen LogP contribution is 2.69. The minimum Gasteiger partial charge on any atom is -0.336 e. The molecule has 2 aliphatic rings. The average molecular weight is 514 g/mol. The van der Waals surface area contributed by atoms with Gasteiger partial charge < -0.3 is 4.90 Å². The molecular formula is C32H24FN5O. The number of hydrogen-bond acceptors (Lipinski definition) is 4. The molecule has 0 N–H and O–H groups in total. The number of rotatable bonds is 4. The van der Waals surface area contributed by atoms with Gasteiger partial charge in [-0.1, -0.05) is 30.3 Å². The molecule has 0 bridgehead atoms. The normalized spacial score (nSPS) is 21.5. The highest BCUT2D eigenvalue weighted by Gasteiger charge is 2.71. The summed E-state index contributed by atoms with van der Waals surface area (Å²) in [4.78, 5) is 19.6. The Morgan fingerprint density at radius 2 is 1.87 bits per heavy atom. The lowest BCUT2D eigenvalue weighted by molar-refractivity contribution is 0.0763. The Labute approximate surface area is 224 Å². The lowest BCUT2D eigenvalue weighted by atomic mass is 9.86. The SMILES string of the molecule is Cc1cc2c(cnn2-c2ccc(F)cc2)cc1[C@@]12CN(C(=O)c3cc(C#N)ccn3)C[C@@H]1[C@H]2c1ccccc1. The minimum atomic E-state index is -0.283. The van der Waals surface area contributed by atoms with Crippen molar-refractivity contribution >= 4 is 16.8 Å². The van der Waals surface area contributed by atoms with Crippen LogP contribution < -0.4 is 0 Å². The molecule has 39 heavy (non-hydrogen) atoms. The number of nitrogens with zero attached hydrogens (tertiary/aromatic N) is 5. The van der Waals surface area contributed by atoms with E-state index in [4.69, 9.17) is 0 Å². The second-order valence-electron chi connectivity index (χ2n) is 10.5. The smallest absolute Gasteiger partial charge is 0.272 e. The molecule has 5 aromatic rings. The first kappa shape index (κ1) is 23.3. The van der Waals surface area contributed by atoms with Crippen molar-refractivity contribution in [2.75, 3.05) is 13.1 Å². The third-order valence-electron chi connectivity index (χ3n) is 8.42. The Balaban J connectivity index is 1.30. The maximum Gasteiger partial charge on any atom is 0.272 e. The lowest BCUT2D eigenvalue weighted by Crippen LogP contribution is -2.35. The van der Waals surface area contributed by atoms with Crippen LogP contribution in [-0.4, -0.2) is 38.7 Å². The topological polar surface area (TPSA) is 74.8 Å². The molecule has 7 rings (SSSR count). The van der Waals surface area contributed by atoms with Gasteiger partial charge >= 0.3 is 0 Å². The molecule has 1 saturated carbocycles. The van der Waals surface area contributed by atoms with Crippen molar-refractivity contribution in [2.45, 2.75) is 18.3 Å². The predicted octanol–water partition coefficient (Wildman–Crippen LogP) is 5.55. The van der Waals surface area contributed by atoms with E-state index in [0.29, 0.717) is 30.3 Å². The summed E-state index contributed by atoms with van der Waals surface area (Å²) in [6, 6.07) is 26.5. The number of carbonyl (C=O) groups is 1. The number of amides is 1. The van der Waals surface area contributed by atoms with Crippen molar-refractivity contribution in [1.29, 1.82) is 5.26 Å². The van der Waals surface area contributed by atoms with Gasteiger partial charge in [0.2, 0.25) is 0 Å². The largest absolute Gasteiger partial charge is 0.336 e. The first-order chi connectivity index (χ1) is 19.0.